The molecule has 1 N–H and O–H groups in total. The Bertz CT molecular complexity index is 798. The lowest BCUT2D eigenvalue weighted by molar-refractivity contribution is -0.119. The van der Waals surface area contributed by atoms with Crippen LogP contribution in [0.2, 0.25) is 0 Å². The first-order chi connectivity index (χ1) is 11.9. The van der Waals surface area contributed by atoms with Crippen LogP contribution in [0.15, 0.2) is 39.4 Å². The van der Waals surface area contributed by atoms with Gasteiger partial charge in [-0.2, -0.15) is 0 Å². The van der Waals surface area contributed by atoms with E-state index in [0.29, 0.717) is 23.6 Å². The molecule has 0 atom stereocenters. The highest BCUT2D eigenvalue weighted by molar-refractivity contribution is 9.10. The van der Waals surface area contributed by atoms with Gasteiger partial charge < -0.3 is 14.6 Å². The predicted octanol–water partition coefficient (Wildman–Crippen LogP) is 3.91. The first-order valence-corrected chi connectivity index (χ1v) is 9.19. The highest BCUT2D eigenvalue weighted by Gasteiger charge is 2.25. The molecule has 1 aliphatic heterocycles. The Morgan fingerprint density at radius 1 is 1.28 bits per heavy atom. The SMILES string of the molecule is CC(C)CC(=O)N1CCc2cc(CNC(=O)c3ccc(Br)o3)ccc21. The third kappa shape index (κ3) is 4.12. The van der Waals surface area contributed by atoms with Crippen LogP contribution in [0.1, 0.15) is 41.9 Å². The second-order valence-electron chi connectivity index (χ2n) is 6.64. The van der Waals surface area contributed by atoms with E-state index in [-0.39, 0.29) is 17.6 Å². The van der Waals surface area contributed by atoms with E-state index in [2.05, 4.69) is 41.2 Å². The van der Waals surface area contributed by atoms with Gasteiger partial charge in [0.25, 0.3) is 5.91 Å². The standard InChI is InChI=1S/C19H21BrN2O3/c1-12(2)9-18(23)22-8-7-14-10-13(3-4-15(14)22)11-21-19(24)16-5-6-17(20)25-16/h3-6,10,12H,7-9,11H2,1-2H3,(H,21,24). The predicted molar refractivity (Wildman–Crippen MR) is 99.5 cm³/mol. The zero-order valence-electron chi connectivity index (χ0n) is 14.3. The Morgan fingerprint density at radius 2 is 2.08 bits per heavy atom. The molecule has 25 heavy (non-hydrogen) atoms. The smallest absolute Gasteiger partial charge is 0.287 e. The number of rotatable bonds is 5. The number of anilines is 1. The summed E-state index contributed by atoms with van der Waals surface area (Å²) in [7, 11) is 0. The summed E-state index contributed by atoms with van der Waals surface area (Å²) in [5.41, 5.74) is 3.16. The van der Waals surface area contributed by atoms with Crippen LogP contribution < -0.4 is 10.2 Å². The minimum Gasteiger partial charge on any atom is -0.444 e. The zero-order valence-corrected chi connectivity index (χ0v) is 15.9. The molecule has 1 aliphatic rings. The van der Waals surface area contributed by atoms with Crippen molar-refractivity contribution in [1.82, 2.24) is 5.32 Å². The van der Waals surface area contributed by atoms with Crippen molar-refractivity contribution >= 4 is 33.4 Å². The highest BCUT2D eigenvalue weighted by atomic mass is 79.9. The normalized spacial score (nSPS) is 13.2. The van der Waals surface area contributed by atoms with E-state index in [1.165, 1.54) is 0 Å². The molecule has 0 spiro atoms. The van der Waals surface area contributed by atoms with Gasteiger partial charge in [-0.15, -0.1) is 0 Å². The number of fused-ring (bicyclic) bond motifs is 1. The quantitative estimate of drug-likeness (QED) is 0.821. The van der Waals surface area contributed by atoms with Crippen LogP contribution in [-0.4, -0.2) is 18.4 Å². The molecule has 0 aliphatic carbocycles. The summed E-state index contributed by atoms with van der Waals surface area (Å²) in [6, 6.07) is 9.31. The number of carbonyl (C=O) groups is 2. The Kier molecular flexibility index (Phi) is 5.27. The van der Waals surface area contributed by atoms with E-state index in [9.17, 15) is 9.59 Å². The van der Waals surface area contributed by atoms with Crippen LogP contribution in [0.4, 0.5) is 5.69 Å². The van der Waals surface area contributed by atoms with Gasteiger partial charge in [0, 0.05) is 25.2 Å². The number of hydrogen-bond donors (Lipinski definition) is 1. The maximum atomic E-state index is 12.3. The number of carbonyl (C=O) groups excluding carboxylic acids is 2. The molecule has 1 aromatic carbocycles. The lowest BCUT2D eigenvalue weighted by atomic mass is 10.1. The minimum absolute atomic E-state index is 0.179. The average molecular weight is 405 g/mol. The van der Waals surface area contributed by atoms with Crippen molar-refractivity contribution in [3.8, 4) is 0 Å². The first kappa shape index (κ1) is 17.7. The number of hydrogen-bond acceptors (Lipinski definition) is 3. The minimum atomic E-state index is -0.250. The molecule has 0 fully saturated rings. The zero-order chi connectivity index (χ0) is 18.0. The monoisotopic (exact) mass is 404 g/mol. The number of halogens is 1. The number of benzene rings is 1. The summed E-state index contributed by atoms with van der Waals surface area (Å²) in [6.45, 7) is 5.26. The van der Waals surface area contributed by atoms with Gasteiger partial charge in [-0.05, 0) is 57.6 Å². The molecule has 132 valence electrons. The fraction of sp³-hybridized carbons (Fsp3) is 0.368. The summed E-state index contributed by atoms with van der Waals surface area (Å²) >= 11 is 3.18. The van der Waals surface area contributed by atoms with Gasteiger partial charge in [-0.1, -0.05) is 26.0 Å². The molecule has 1 aromatic heterocycles. The molecular formula is C19H21BrN2O3. The second-order valence-corrected chi connectivity index (χ2v) is 7.42. The maximum Gasteiger partial charge on any atom is 0.287 e. The van der Waals surface area contributed by atoms with Gasteiger partial charge in [0.2, 0.25) is 5.91 Å². The molecule has 0 saturated carbocycles. The summed E-state index contributed by atoms with van der Waals surface area (Å²) < 4.78 is 5.77. The highest BCUT2D eigenvalue weighted by Crippen LogP contribution is 2.30. The summed E-state index contributed by atoms with van der Waals surface area (Å²) in [5.74, 6) is 0.560. The van der Waals surface area contributed by atoms with Gasteiger partial charge in [0.15, 0.2) is 10.4 Å². The van der Waals surface area contributed by atoms with Gasteiger partial charge in [0.1, 0.15) is 0 Å². The van der Waals surface area contributed by atoms with Crippen LogP contribution in [0.5, 0.6) is 0 Å². The van der Waals surface area contributed by atoms with Crippen LogP contribution in [0, 0.1) is 5.92 Å². The van der Waals surface area contributed by atoms with Crippen LogP contribution in [0.3, 0.4) is 0 Å². The molecule has 3 rings (SSSR count). The van der Waals surface area contributed by atoms with Crippen LogP contribution in [-0.2, 0) is 17.8 Å². The van der Waals surface area contributed by atoms with Crippen molar-refractivity contribution in [2.45, 2.75) is 33.2 Å². The van der Waals surface area contributed by atoms with Crippen LogP contribution >= 0.6 is 15.9 Å². The third-order valence-electron chi connectivity index (χ3n) is 4.17. The Hall–Kier alpha value is -2.08. The topological polar surface area (TPSA) is 62.6 Å². The molecule has 5 nitrogen and oxygen atoms in total. The largest absolute Gasteiger partial charge is 0.444 e. The Morgan fingerprint density at radius 3 is 2.76 bits per heavy atom. The fourth-order valence-corrected chi connectivity index (χ4v) is 3.30. The van der Waals surface area contributed by atoms with E-state index in [4.69, 9.17) is 4.42 Å². The van der Waals surface area contributed by atoms with Crippen molar-refractivity contribution in [2.75, 3.05) is 11.4 Å². The molecule has 2 aromatic rings. The molecule has 2 amide bonds. The first-order valence-electron chi connectivity index (χ1n) is 8.39. The number of nitrogens with one attached hydrogen (secondary N) is 1. The van der Waals surface area contributed by atoms with Crippen molar-refractivity contribution < 1.29 is 14.0 Å². The second kappa shape index (κ2) is 7.44. The van der Waals surface area contributed by atoms with Crippen molar-refractivity contribution in [3.05, 3.63) is 51.9 Å². The van der Waals surface area contributed by atoms with Gasteiger partial charge in [-0.3, -0.25) is 9.59 Å². The van der Waals surface area contributed by atoms with Crippen molar-refractivity contribution in [2.24, 2.45) is 5.92 Å². The molecule has 0 saturated heterocycles. The third-order valence-corrected chi connectivity index (χ3v) is 4.60. The average Bonchev–Trinajstić information content (AvgIpc) is 3.17. The van der Waals surface area contributed by atoms with Gasteiger partial charge in [0.05, 0.1) is 0 Å². The summed E-state index contributed by atoms with van der Waals surface area (Å²) in [6.07, 6.45) is 1.42. The maximum absolute atomic E-state index is 12.3. The lowest BCUT2D eigenvalue weighted by Gasteiger charge is -2.18. The van der Waals surface area contributed by atoms with E-state index in [1.807, 2.05) is 17.0 Å². The van der Waals surface area contributed by atoms with E-state index < -0.39 is 0 Å². The Balaban J connectivity index is 1.64. The molecule has 6 heteroatoms. The molecule has 2 heterocycles. The van der Waals surface area contributed by atoms with Gasteiger partial charge in [-0.25, -0.2) is 0 Å². The molecular weight excluding hydrogens is 384 g/mol. The van der Waals surface area contributed by atoms with E-state index >= 15 is 0 Å². The molecule has 0 bridgehead atoms. The van der Waals surface area contributed by atoms with Gasteiger partial charge >= 0.3 is 0 Å². The summed E-state index contributed by atoms with van der Waals surface area (Å²) in [4.78, 5) is 26.2. The lowest BCUT2D eigenvalue weighted by Crippen LogP contribution is -2.29. The molecule has 0 unspecified atom stereocenters. The van der Waals surface area contributed by atoms with Crippen molar-refractivity contribution in [1.29, 1.82) is 0 Å². The number of furan rings is 1. The van der Waals surface area contributed by atoms with E-state index in [0.717, 1.165) is 29.8 Å². The number of amides is 2. The summed E-state index contributed by atoms with van der Waals surface area (Å²) in [5, 5.41) is 2.85. The molecule has 0 radical (unpaired) electrons. The van der Waals surface area contributed by atoms with Crippen molar-refractivity contribution in [3.63, 3.8) is 0 Å². The van der Waals surface area contributed by atoms with E-state index in [1.54, 1.807) is 12.1 Å². The Labute approximate surface area is 155 Å². The fourth-order valence-electron chi connectivity index (χ4n) is 2.99. The number of nitrogens with zero attached hydrogens (tertiary/aromatic N) is 1. The van der Waals surface area contributed by atoms with Crippen LogP contribution in [0.25, 0.3) is 0 Å².